The van der Waals surface area contributed by atoms with Crippen LogP contribution in [0.3, 0.4) is 0 Å². The van der Waals surface area contributed by atoms with E-state index in [2.05, 4.69) is 78.0 Å². The quantitative estimate of drug-likeness (QED) is 0.324. The Morgan fingerprint density at radius 3 is 2.07 bits per heavy atom. The molecule has 0 radical (unpaired) electrons. The number of allylic oxidation sites excluding steroid dienone is 1. The summed E-state index contributed by atoms with van der Waals surface area (Å²) < 4.78 is 0.305. The van der Waals surface area contributed by atoms with E-state index in [1.807, 2.05) is 0 Å². The van der Waals surface area contributed by atoms with E-state index >= 15 is 0 Å². The molecule has 0 saturated carbocycles. The van der Waals surface area contributed by atoms with E-state index in [1.54, 1.807) is 0 Å². The van der Waals surface area contributed by atoms with Crippen LogP contribution in [0.15, 0.2) is 35.9 Å². The van der Waals surface area contributed by atoms with E-state index in [4.69, 9.17) is 17.0 Å². The van der Waals surface area contributed by atoms with Gasteiger partial charge in [-0.1, -0.05) is 0 Å². The van der Waals surface area contributed by atoms with E-state index in [9.17, 15) is 0 Å². The fourth-order valence-electron chi connectivity index (χ4n) is 4.53. The van der Waals surface area contributed by atoms with Crippen LogP contribution >= 0.6 is 17.0 Å². The summed E-state index contributed by atoms with van der Waals surface area (Å²) in [5.74, 6) is 1.02. The van der Waals surface area contributed by atoms with E-state index in [0.29, 0.717) is 15.5 Å². The van der Waals surface area contributed by atoms with Crippen molar-refractivity contribution in [3.8, 4) is 11.1 Å². The normalized spacial score (nSPS) is 15.7. The second-order valence-corrected chi connectivity index (χ2v) is 18.0. The van der Waals surface area contributed by atoms with Crippen LogP contribution < -0.4 is 0 Å². The van der Waals surface area contributed by atoms with E-state index in [0.717, 1.165) is 12.8 Å². The molecule has 0 saturated heterocycles. The molecule has 1 atom stereocenters. The average Bonchev–Trinajstić information content (AvgIpc) is 3.09. The number of aryl methyl sites for hydroxylation is 1. The van der Waals surface area contributed by atoms with Crippen LogP contribution in [0.4, 0.5) is 0 Å². The molecule has 1 aliphatic carbocycles. The molecular formula is C27H35Cl2Zr. The van der Waals surface area contributed by atoms with E-state index in [-0.39, 0.29) is 0 Å². The molecule has 3 rings (SSSR count). The van der Waals surface area contributed by atoms with Crippen LogP contribution in [0.2, 0.25) is 0 Å². The van der Waals surface area contributed by atoms with Crippen LogP contribution in [0, 0.1) is 0 Å². The van der Waals surface area contributed by atoms with E-state index < -0.39 is 19.4 Å². The summed E-state index contributed by atoms with van der Waals surface area (Å²) in [5.41, 5.74) is 11.3. The van der Waals surface area contributed by atoms with Gasteiger partial charge in [0.2, 0.25) is 0 Å². The fraction of sp³-hybridized carbons (Fsp3) is 0.481. The Labute approximate surface area is 198 Å². The Morgan fingerprint density at radius 1 is 0.933 bits per heavy atom. The van der Waals surface area contributed by atoms with Gasteiger partial charge < -0.3 is 0 Å². The summed E-state index contributed by atoms with van der Waals surface area (Å²) in [5, 5.41) is 0. The molecule has 0 fully saturated rings. The fourth-order valence-corrected chi connectivity index (χ4v) is 10.0. The predicted octanol–water partition coefficient (Wildman–Crippen LogP) is 9.72. The predicted molar refractivity (Wildman–Crippen MR) is 131 cm³/mol. The first-order valence-electron chi connectivity index (χ1n) is 11.5. The van der Waals surface area contributed by atoms with Crippen molar-refractivity contribution in [2.24, 2.45) is 0 Å². The summed E-state index contributed by atoms with van der Waals surface area (Å²) in [4.78, 5) is 0. The third-order valence-corrected chi connectivity index (χ3v) is 11.7. The minimum absolute atomic E-state index is 0.305. The molecule has 1 unspecified atom stereocenters. The van der Waals surface area contributed by atoms with Gasteiger partial charge in [-0.05, 0) is 0 Å². The maximum absolute atomic E-state index is 6.71. The van der Waals surface area contributed by atoms with Crippen molar-refractivity contribution in [3.63, 3.8) is 0 Å². The van der Waals surface area contributed by atoms with Crippen LogP contribution in [-0.4, -0.2) is 0 Å². The zero-order chi connectivity index (χ0) is 22.0. The molecular weight excluding hydrogens is 486 g/mol. The summed E-state index contributed by atoms with van der Waals surface area (Å²) >= 11 is -2.48. The number of unbranched alkanes of at least 4 members (excludes halogenated alkanes) is 1. The van der Waals surface area contributed by atoms with Gasteiger partial charge in [0.1, 0.15) is 0 Å². The third-order valence-electron chi connectivity index (χ3n) is 6.39. The van der Waals surface area contributed by atoms with Gasteiger partial charge in [-0.25, -0.2) is 0 Å². The number of halogens is 2. The molecule has 30 heavy (non-hydrogen) atoms. The van der Waals surface area contributed by atoms with Crippen molar-refractivity contribution in [1.29, 1.82) is 0 Å². The molecule has 0 bridgehead atoms. The summed E-state index contributed by atoms with van der Waals surface area (Å²) in [7, 11) is 13.4. The summed E-state index contributed by atoms with van der Waals surface area (Å²) in [6.07, 6.45) is 7.00. The molecule has 0 nitrogen and oxygen atoms in total. The molecule has 0 amide bonds. The van der Waals surface area contributed by atoms with Gasteiger partial charge in [-0.2, -0.15) is 0 Å². The standard InChI is InChI=1S/C27H35.2ClH.Zr/c1-7-9-10-20-13-22-12-11-21(8-2)27(26(22)14-20)25-16-23(18(3)4)15-24(17-25)19(5)6;;;/h11-19H,7-10H2,1-6H3;2*1H;/q;;;+2/p-2. The topological polar surface area (TPSA) is 0 Å². The van der Waals surface area contributed by atoms with Crippen molar-refractivity contribution in [1.82, 2.24) is 0 Å². The first-order chi connectivity index (χ1) is 14.3. The molecule has 0 aliphatic heterocycles. The van der Waals surface area contributed by atoms with Gasteiger partial charge in [0.15, 0.2) is 0 Å². The number of hydrogen-bond acceptors (Lipinski definition) is 0. The SMILES string of the molecule is CCCCC1=Cc2c(ccc(CC)c2-c2cc(C(C)C)cc(C(C)C)c2)[CH]1[Zr]([Cl])[Cl]. The number of fused-ring (bicyclic) bond motifs is 1. The Hall–Kier alpha value is -0.357. The summed E-state index contributed by atoms with van der Waals surface area (Å²) in [6.45, 7) is 13.7. The van der Waals surface area contributed by atoms with E-state index in [1.165, 1.54) is 57.4 Å². The Kier molecular flexibility index (Phi) is 8.51. The molecule has 3 heteroatoms. The van der Waals surface area contributed by atoms with Gasteiger partial charge in [-0.3, -0.25) is 0 Å². The van der Waals surface area contributed by atoms with Crippen LogP contribution in [-0.2, 0) is 25.8 Å². The van der Waals surface area contributed by atoms with Gasteiger partial charge >= 0.3 is 200 Å². The van der Waals surface area contributed by atoms with Gasteiger partial charge in [-0.15, -0.1) is 0 Å². The number of benzene rings is 2. The second kappa shape index (κ2) is 10.5. The monoisotopic (exact) mass is 519 g/mol. The van der Waals surface area contributed by atoms with Crippen molar-refractivity contribution in [2.75, 3.05) is 0 Å². The van der Waals surface area contributed by atoms with Crippen molar-refractivity contribution in [2.45, 2.75) is 82.7 Å². The molecule has 0 spiro atoms. The Morgan fingerprint density at radius 2 is 1.57 bits per heavy atom. The first kappa shape index (κ1) is 24.3. The van der Waals surface area contributed by atoms with Crippen LogP contribution in [0.25, 0.3) is 17.2 Å². The molecule has 1 aliphatic rings. The minimum atomic E-state index is -2.48. The van der Waals surface area contributed by atoms with Gasteiger partial charge in [0.05, 0.1) is 0 Å². The average molecular weight is 522 g/mol. The zero-order valence-corrected chi connectivity index (χ0v) is 23.3. The molecule has 2 aromatic carbocycles. The van der Waals surface area contributed by atoms with Crippen LogP contribution in [0.5, 0.6) is 0 Å². The third kappa shape index (κ3) is 5.00. The Bertz CT molecular complexity index is 898. The number of hydrogen-bond donors (Lipinski definition) is 0. The van der Waals surface area contributed by atoms with Gasteiger partial charge in [0, 0.05) is 0 Å². The molecule has 0 heterocycles. The number of rotatable bonds is 8. The molecule has 161 valence electrons. The molecule has 0 aromatic heterocycles. The summed E-state index contributed by atoms with van der Waals surface area (Å²) in [6, 6.07) is 11.9. The second-order valence-electron chi connectivity index (χ2n) is 9.20. The zero-order valence-electron chi connectivity index (χ0n) is 19.3. The Balaban J connectivity index is 2.26. The molecule has 2 aromatic rings. The van der Waals surface area contributed by atoms with Crippen LogP contribution in [0.1, 0.15) is 104 Å². The first-order valence-corrected chi connectivity index (χ1v) is 19.2. The molecule has 0 N–H and O–H groups in total. The maximum atomic E-state index is 6.71. The van der Waals surface area contributed by atoms with Crippen molar-refractivity contribution < 1.29 is 19.4 Å². The van der Waals surface area contributed by atoms with Crippen molar-refractivity contribution in [3.05, 3.63) is 63.7 Å². The van der Waals surface area contributed by atoms with Crippen molar-refractivity contribution >= 4 is 23.1 Å². The van der Waals surface area contributed by atoms with Gasteiger partial charge in [0.25, 0.3) is 0 Å².